The van der Waals surface area contributed by atoms with Gasteiger partial charge in [0.25, 0.3) is 0 Å². The van der Waals surface area contributed by atoms with Crippen LogP contribution in [0.1, 0.15) is 47.5 Å². The van der Waals surface area contributed by atoms with E-state index in [0.717, 1.165) is 6.42 Å². The lowest BCUT2D eigenvalue weighted by molar-refractivity contribution is -0.294. The second-order valence-electron chi connectivity index (χ2n) is 8.57. The van der Waals surface area contributed by atoms with Gasteiger partial charge in [-0.05, 0) is 42.0 Å². The summed E-state index contributed by atoms with van der Waals surface area (Å²) in [4.78, 5) is 24.1. The second kappa shape index (κ2) is 11.0. The van der Waals surface area contributed by atoms with E-state index < -0.39 is 31.3 Å². The summed E-state index contributed by atoms with van der Waals surface area (Å²) in [6.45, 7) is 7.06. The molecule has 1 aromatic rings. The Kier molecular flexibility index (Phi) is 9.47. The monoisotopic (exact) mass is 468 g/mol. The third kappa shape index (κ3) is 8.27. The minimum absolute atomic E-state index is 0.108. The third-order valence-corrected chi connectivity index (χ3v) is 5.07. The van der Waals surface area contributed by atoms with Crippen molar-refractivity contribution in [2.75, 3.05) is 13.2 Å². The summed E-state index contributed by atoms with van der Waals surface area (Å²) < 4.78 is 76.1. The van der Waals surface area contributed by atoms with Crippen molar-refractivity contribution in [3.8, 4) is 11.5 Å². The van der Waals surface area contributed by atoms with Gasteiger partial charge in [-0.25, -0.2) is 4.79 Å². The molecule has 0 aromatic heterocycles. The molecule has 182 valence electrons. The smallest absolute Gasteiger partial charge is 0.456 e. The minimum atomic E-state index is -5.82. The van der Waals surface area contributed by atoms with E-state index in [1.165, 1.54) is 24.3 Å². The molecule has 0 saturated heterocycles. The minimum Gasteiger partial charge on any atom is -0.482 e. The van der Waals surface area contributed by atoms with Gasteiger partial charge in [0.1, 0.15) is 11.5 Å². The van der Waals surface area contributed by atoms with E-state index in [2.05, 4.69) is 4.74 Å². The summed E-state index contributed by atoms with van der Waals surface area (Å²) in [7, 11) is 0. The first-order valence-corrected chi connectivity index (χ1v) is 10.1. The lowest BCUT2D eigenvalue weighted by atomic mass is 9.73. The Hall–Kier alpha value is -2.39. The van der Waals surface area contributed by atoms with Crippen LogP contribution in [-0.4, -0.2) is 37.3 Å². The Balaban J connectivity index is 2.64. The Morgan fingerprint density at radius 3 is 1.97 bits per heavy atom. The van der Waals surface area contributed by atoms with Gasteiger partial charge in [0.2, 0.25) is 0 Å². The van der Waals surface area contributed by atoms with Gasteiger partial charge in [0, 0.05) is 0 Å². The zero-order valence-electron chi connectivity index (χ0n) is 18.7. The van der Waals surface area contributed by atoms with E-state index in [1.807, 2.05) is 34.6 Å². The van der Waals surface area contributed by atoms with Gasteiger partial charge in [0.05, 0.1) is 5.92 Å². The zero-order valence-corrected chi connectivity index (χ0v) is 18.7. The number of alkyl halides is 5. The van der Waals surface area contributed by atoms with Crippen LogP contribution in [0.15, 0.2) is 24.3 Å². The lowest BCUT2D eigenvalue weighted by Crippen LogP contribution is -2.41. The normalized spacial score (nSPS) is 13.6. The standard InChI is InChI=1S/C22H29F5O5/c1-6-20(4,5)17(11-14(2)3)19(29)32-16-9-7-15(8-10-16)30-12-18(28)31-13-21(23,24)22(25,26)27/h7-10,14,17H,6,11-13H2,1-5H3. The van der Waals surface area contributed by atoms with Crippen molar-refractivity contribution in [1.29, 1.82) is 0 Å². The molecule has 1 atom stereocenters. The highest BCUT2D eigenvalue weighted by Crippen LogP contribution is 2.37. The van der Waals surface area contributed by atoms with Crippen molar-refractivity contribution in [3.63, 3.8) is 0 Å². The van der Waals surface area contributed by atoms with Gasteiger partial charge in [-0.1, -0.05) is 41.0 Å². The molecule has 0 saturated carbocycles. The average Bonchev–Trinajstić information content (AvgIpc) is 2.68. The summed E-state index contributed by atoms with van der Waals surface area (Å²) >= 11 is 0. The summed E-state index contributed by atoms with van der Waals surface area (Å²) in [5.41, 5.74) is -0.256. The first kappa shape index (κ1) is 27.6. The van der Waals surface area contributed by atoms with Crippen LogP contribution in [0.25, 0.3) is 0 Å². The first-order valence-electron chi connectivity index (χ1n) is 10.1. The molecule has 0 spiro atoms. The summed E-state index contributed by atoms with van der Waals surface area (Å²) in [5, 5.41) is 0. The molecule has 10 heteroatoms. The number of benzene rings is 1. The summed E-state index contributed by atoms with van der Waals surface area (Å²) in [6, 6.07) is 5.56. The topological polar surface area (TPSA) is 61.8 Å². The van der Waals surface area contributed by atoms with Crippen LogP contribution in [0.2, 0.25) is 0 Å². The fourth-order valence-electron chi connectivity index (χ4n) is 2.68. The number of ether oxygens (including phenoxy) is 3. The maximum absolute atomic E-state index is 12.7. The van der Waals surface area contributed by atoms with Gasteiger partial charge in [-0.3, -0.25) is 4.79 Å². The third-order valence-electron chi connectivity index (χ3n) is 5.07. The largest absolute Gasteiger partial charge is 0.482 e. The number of halogens is 5. The van der Waals surface area contributed by atoms with Gasteiger partial charge in [-0.15, -0.1) is 0 Å². The number of hydrogen-bond acceptors (Lipinski definition) is 5. The molecule has 1 aromatic carbocycles. The van der Waals surface area contributed by atoms with Crippen LogP contribution in [0.5, 0.6) is 11.5 Å². The molecule has 1 unspecified atom stereocenters. The number of carbonyl (C=O) groups is 2. The van der Waals surface area contributed by atoms with Crippen molar-refractivity contribution >= 4 is 11.9 Å². The molecule has 0 heterocycles. The molecule has 0 bridgehead atoms. The van der Waals surface area contributed by atoms with Crippen LogP contribution in [0.3, 0.4) is 0 Å². The molecule has 0 aliphatic rings. The van der Waals surface area contributed by atoms with E-state index >= 15 is 0 Å². The average molecular weight is 468 g/mol. The number of rotatable bonds is 11. The molecule has 0 N–H and O–H groups in total. The van der Waals surface area contributed by atoms with Gasteiger partial charge in [-0.2, -0.15) is 22.0 Å². The van der Waals surface area contributed by atoms with Crippen LogP contribution < -0.4 is 9.47 Å². The molecule has 5 nitrogen and oxygen atoms in total. The van der Waals surface area contributed by atoms with E-state index in [-0.39, 0.29) is 28.8 Å². The van der Waals surface area contributed by atoms with Crippen molar-refractivity contribution in [2.45, 2.75) is 59.6 Å². The fourth-order valence-corrected chi connectivity index (χ4v) is 2.68. The van der Waals surface area contributed by atoms with Crippen LogP contribution in [0, 0.1) is 17.3 Å². The fraction of sp³-hybridized carbons (Fsp3) is 0.636. The lowest BCUT2D eigenvalue weighted by Gasteiger charge is -2.32. The van der Waals surface area contributed by atoms with Crippen molar-refractivity contribution in [2.24, 2.45) is 17.3 Å². The summed E-state index contributed by atoms with van der Waals surface area (Å²) in [6.07, 6.45) is -4.37. The highest BCUT2D eigenvalue weighted by atomic mass is 19.4. The van der Waals surface area contributed by atoms with Crippen LogP contribution >= 0.6 is 0 Å². The zero-order chi connectivity index (χ0) is 24.7. The predicted molar refractivity (Wildman–Crippen MR) is 107 cm³/mol. The molecule has 0 radical (unpaired) electrons. The number of hydrogen-bond donors (Lipinski definition) is 0. The first-order chi connectivity index (χ1) is 14.6. The maximum Gasteiger partial charge on any atom is 0.456 e. The van der Waals surface area contributed by atoms with E-state index in [0.29, 0.717) is 12.3 Å². The predicted octanol–water partition coefficient (Wildman–Crippen LogP) is 5.81. The molecule has 0 aliphatic carbocycles. The van der Waals surface area contributed by atoms with Gasteiger partial charge in [0.15, 0.2) is 13.2 Å². The molecule has 0 amide bonds. The van der Waals surface area contributed by atoms with Crippen molar-refractivity contribution in [3.05, 3.63) is 24.3 Å². The molecule has 32 heavy (non-hydrogen) atoms. The SMILES string of the molecule is CCC(C)(C)C(CC(C)C)C(=O)Oc1ccc(OCC(=O)OCC(F)(F)C(F)(F)F)cc1. The Bertz CT molecular complexity index is 757. The number of carbonyl (C=O) groups excluding carboxylic acids is 2. The Labute approximate surface area is 184 Å². The van der Waals surface area contributed by atoms with E-state index in [9.17, 15) is 31.5 Å². The molecule has 0 fully saturated rings. The van der Waals surface area contributed by atoms with Gasteiger partial charge < -0.3 is 14.2 Å². The highest BCUT2D eigenvalue weighted by Gasteiger charge is 2.58. The number of esters is 2. The van der Waals surface area contributed by atoms with Crippen LogP contribution in [0.4, 0.5) is 22.0 Å². The van der Waals surface area contributed by atoms with Crippen LogP contribution in [-0.2, 0) is 14.3 Å². The Morgan fingerprint density at radius 2 is 1.50 bits per heavy atom. The molecule has 0 aliphatic heterocycles. The van der Waals surface area contributed by atoms with E-state index in [1.54, 1.807) is 0 Å². The summed E-state index contributed by atoms with van der Waals surface area (Å²) in [5.74, 6) is -6.56. The second-order valence-corrected chi connectivity index (χ2v) is 8.57. The molecular formula is C22H29F5O5. The molecule has 1 rings (SSSR count). The molecular weight excluding hydrogens is 439 g/mol. The Morgan fingerprint density at radius 1 is 0.969 bits per heavy atom. The van der Waals surface area contributed by atoms with Crippen molar-refractivity contribution in [1.82, 2.24) is 0 Å². The maximum atomic E-state index is 12.7. The van der Waals surface area contributed by atoms with E-state index in [4.69, 9.17) is 9.47 Å². The van der Waals surface area contributed by atoms with Gasteiger partial charge >= 0.3 is 24.0 Å². The quantitative estimate of drug-likeness (QED) is 0.233. The highest BCUT2D eigenvalue weighted by molar-refractivity contribution is 5.76. The van der Waals surface area contributed by atoms with Crippen molar-refractivity contribution < 1.29 is 45.8 Å².